The Hall–Kier alpha value is 0.0400. The second kappa shape index (κ2) is 4.91. The van der Waals surface area contributed by atoms with E-state index in [2.05, 4.69) is 31.9 Å². The first-order chi connectivity index (χ1) is 6.88. The van der Waals surface area contributed by atoms with Crippen LogP contribution in [0.3, 0.4) is 0 Å². The Morgan fingerprint density at radius 2 is 1.67 bits per heavy atom. The third-order valence-electron chi connectivity index (χ3n) is 2.27. The highest BCUT2D eigenvalue weighted by Gasteiger charge is 2.31. The average molecular weight is 342 g/mol. The monoisotopic (exact) mass is 340 g/mol. The van der Waals surface area contributed by atoms with Crippen LogP contribution in [-0.2, 0) is 5.92 Å². The topological polar surface area (TPSA) is 0 Å². The van der Waals surface area contributed by atoms with E-state index in [0.717, 1.165) is 5.56 Å². The quantitative estimate of drug-likeness (QED) is 0.689. The van der Waals surface area contributed by atoms with Crippen molar-refractivity contribution >= 4 is 31.9 Å². The lowest BCUT2D eigenvalue weighted by Gasteiger charge is -2.17. The van der Waals surface area contributed by atoms with Crippen molar-refractivity contribution < 1.29 is 8.78 Å². The van der Waals surface area contributed by atoms with Crippen LogP contribution in [0.25, 0.3) is 0 Å². The number of halogens is 4. The van der Waals surface area contributed by atoms with E-state index in [-0.39, 0.29) is 12.0 Å². The van der Waals surface area contributed by atoms with E-state index >= 15 is 0 Å². The first-order valence-electron chi connectivity index (χ1n) is 4.72. The Morgan fingerprint density at radius 3 is 2.07 bits per heavy atom. The van der Waals surface area contributed by atoms with E-state index in [9.17, 15) is 8.78 Å². The molecule has 15 heavy (non-hydrogen) atoms. The molecule has 1 aromatic rings. The van der Waals surface area contributed by atoms with Gasteiger partial charge in [-0.3, -0.25) is 0 Å². The summed E-state index contributed by atoms with van der Waals surface area (Å²) in [5, 5.41) is 0. The molecule has 0 radical (unpaired) electrons. The summed E-state index contributed by atoms with van der Waals surface area (Å²) in [6.45, 7) is 3.63. The van der Waals surface area contributed by atoms with Crippen LogP contribution >= 0.6 is 31.9 Å². The van der Waals surface area contributed by atoms with Crippen molar-refractivity contribution in [2.24, 2.45) is 0 Å². The van der Waals surface area contributed by atoms with Crippen molar-refractivity contribution in [3.8, 4) is 0 Å². The van der Waals surface area contributed by atoms with Crippen LogP contribution in [-0.4, -0.2) is 0 Å². The summed E-state index contributed by atoms with van der Waals surface area (Å²) in [5.74, 6) is -2.74. The zero-order chi connectivity index (χ0) is 11.6. The van der Waals surface area contributed by atoms with Crippen LogP contribution in [0, 0.1) is 6.92 Å². The van der Waals surface area contributed by atoms with Crippen LogP contribution in [0.4, 0.5) is 8.78 Å². The van der Waals surface area contributed by atoms with Gasteiger partial charge in [0.05, 0.1) is 0 Å². The van der Waals surface area contributed by atoms with E-state index in [0.29, 0.717) is 15.4 Å². The van der Waals surface area contributed by atoms with Crippen LogP contribution in [0.2, 0.25) is 0 Å². The molecule has 0 aliphatic carbocycles. The van der Waals surface area contributed by atoms with E-state index in [4.69, 9.17) is 0 Å². The summed E-state index contributed by atoms with van der Waals surface area (Å²) >= 11 is 6.55. The summed E-state index contributed by atoms with van der Waals surface area (Å²) in [4.78, 5) is 0. The average Bonchev–Trinajstić information content (AvgIpc) is 2.13. The molecule has 1 rings (SSSR count). The molecule has 0 saturated heterocycles. The maximum absolute atomic E-state index is 13.6. The summed E-state index contributed by atoms with van der Waals surface area (Å²) in [6, 6.07) is 2.99. The third kappa shape index (κ3) is 3.00. The molecule has 0 fully saturated rings. The highest BCUT2D eigenvalue weighted by molar-refractivity contribution is 9.11. The van der Waals surface area contributed by atoms with Crippen LogP contribution in [0.5, 0.6) is 0 Å². The maximum atomic E-state index is 13.6. The lowest BCUT2D eigenvalue weighted by molar-refractivity contribution is -0.0141. The number of hydrogen-bond acceptors (Lipinski definition) is 0. The highest BCUT2D eigenvalue weighted by Crippen LogP contribution is 2.37. The summed E-state index contributed by atoms with van der Waals surface area (Å²) in [6.07, 6.45) is 0.352. The molecule has 1 aromatic carbocycles. The Labute approximate surface area is 105 Å². The van der Waals surface area contributed by atoms with Gasteiger partial charge in [-0.05, 0) is 24.6 Å². The fourth-order valence-corrected chi connectivity index (χ4v) is 2.50. The normalized spacial score (nSPS) is 11.9. The highest BCUT2D eigenvalue weighted by atomic mass is 79.9. The Morgan fingerprint density at radius 1 is 1.20 bits per heavy atom. The summed E-state index contributed by atoms with van der Waals surface area (Å²) in [7, 11) is 0. The number of rotatable bonds is 3. The molecule has 0 nitrogen and oxygen atoms in total. The van der Waals surface area contributed by atoms with Crippen LogP contribution < -0.4 is 0 Å². The molecule has 0 heterocycles. The van der Waals surface area contributed by atoms with Crippen molar-refractivity contribution in [2.75, 3.05) is 0 Å². The molecule has 84 valence electrons. The number of benzene rings is 1. The lowest BCUT2D eigenvalue weighted by atomic mass is 10.0. The maximum Gasteiger partial charge on any atom is 0.273 e. The van der Waals surface area contributed by atoms with Gasteiger partial charge in [-0.1, -0.05) is 45.2 Å². The third-order valence-corrected chi connectivity index (χ3v) is 3.91. The van der Waals surface area contributed by atoms with Crippen molar-refractivity contribution in [3.63, 3.8) is 0 Å². The SMILES string of the molecule is CCCC(F)(F)c1cc(Br)c(C)c(Br)c1. The Balaban J connectivity index is 3.16. The molecule has 0 saturated carbocycles. The van der Waals surface area contributed by atoms with Gasteiger partial charge in [0.15, 0.2) is 0 Å². The molecule has 0 spiro atoms. The molecule has 0 N–H and O–H groups in total. The Bertz CT molecular complexity index is 339. The standard InChI is InChI=1S/C11H12Br2F2/c1-3-4-11(14,15)8-5-9(12)7(2)10(13)6-8/h5-6H,3-4H2,1-2H3. The molecule has 0 unspecified atom stereocenters. The summed E-state index contributed by atoms with van der Waals surface area (Å²) < 4.78 is 28.6. The fraction of sp³-hybridized carbons (Fsp3) is 0.455. The summed E-state index contributed by atoms with van der Waals surface area (Å²) in [5.41, 5.74) is 1.000. The molecular weight excluding hydrogens is 330 g/mol. The van der Waals surface area contributed by atoms with Crippen molar-refractivity contribution in [1.82, 2.24) is 0 Å². The smallest absolute Gasteiger partial charge is 0.201 e. The first-order valence-corrected chi connectivity index (χ1v) is 6.31. The van der Waals surface area contributed by atoms with Crippen LogP contribution in [0.15, 0.2) is 21.1 Å². The van der Waals surface area contributed by atoms with Gasteiger partial charge in [-0.15, -0.1) is 0 Å². The van der Waals surface area contributed by atoms with Gasteiger partial charge in [-0.25, -0.2) is 8.78 Å². The second-order valence-corrected chi connectivity index (χ2v) is 5.23. The van der Waals surface area contributed by atoms with Gasteiger partial charge in [0.25, 0.3) is 5.92 Å². The van der Waals surface area contributed by atoms with E-state index in [1.807, 2.05) is 6.92 Å². The molecule has 0 aromatic heterocycles. The van der Waals surface area contributed by atoms with Crippen molar-refractivity contribution in [2.45, 2.75) is 32.6 Å². The minimum absolute atomic E-state index is 0.0636. The van der Waals surface area contributed by atoms with Gasteiger partial charge in [-0.2, -0.15) is 0 Å². The second-order valence-electron chi connectivity index (χ2n) is 3.52. The van der Waals surface area contributed by atoms with E-state index < -0.39 is 5.92 Å². The molecule has 0 amide bonds. The predicted molar refractivity (Wildman–Crippen MR) is 65.4 cm³/mol. The molecule has 0 aliphatic heterocycles. The first kappa shape index (κ1) is 13.1. The molecular formula is C11H12Br2F2. The van der Waals surface area contributed by atoms with Gasteiger partial charge >= 0.3 is 0 Å². The molecule has 0 aliphatic rings. The minimum Gasteiger partial charge on any atom is -0.201 e. The van der Waals surface area contributed by atoms with Crippen molar-refractivity contribution in [3.05, 3.63) is 32.2 Å². The Kier molecular flexibility index (Phi) is 4.29. The van der Waals surface area contributed by atoms with E-state index in [1.165, 1.54) is 12.1 Å². The molecule has 4 heteroatoms. The predicted octanol–water partition coefficient (Wildman–Crippen LogP) is 5.41. The lowest BCUT2D eigenvalue weighted by Crippen LogP contribution is -2.13. The fourth-order valence-electron chi connectivity index (χ4n) is 1.31. The zero-order valence-corrected chi connectivity index (χ0v) is 11.8. The zero-order valence-electron chi connectivity index (χ0n) is 8.58. The molecule has 0 atom stereocenters. The van der Waals surface area contributed by atoms with Crippen molar-refractivity contribution in [1.29, 1.82) is 0 Å². The van der Waals surface area contributed by atoms with Gasteiger partial charge in [0, 0.05) is 20.9 Å². The van der Waals surface area contributed by atoms with Gasteiger partial charge in [0.2, 0.25) is 0 Å². The largest absolute Gasteiger partial charge is 0.273 e. The van der Waals surface area contributed by atoms with Crippen LogP contribution in [0.1, 0.15) is 30.9 Å². The number of alkyl halides is 2. The number of hydrogen-bond donors (Lipinski definition) is 0. The van der Waals surface area contributed by atoms with Gasteiger partial charge < -0.3 is 0 Å². The molecule has 0 bridgehead atoms. The van der Waals surface area contributed by atoms with E-state index in [1.54, 1.807) is 6.92 Å². The van der Waals surface area contributed by atoms with Gasteiger partial charge in [0.1, 0.15) is 0 Å². The minimum atomic E-state index is -2.74.